The van der Waals surface area contributed by atoms with Crippen molar-refractivity contribution in [2.75, 3.05) is 6.54 Å². The average Bonchev–Trinajstić information content (AvgIpc) is 3.00. The van der Waals surface area contributed by atoms with Crippen molar-refractivity contribution in [2.24, 2.45) is 0 Å². The van der Waals surface area contributed by atoms with Crippen LogP contribution in [0.3, 0.4) is 0 Å². The van der Waals surface area contributed by atoms with Crippen LogP contribution >= 0.6 is 0 Å². The summed E-state index contributed by atoms with van der Waals surface area (Å²) in [4.78, 5) is 4.22. The minimum Gasteiger partial charge on any atom is -0.491 e. The van der Waals surface area contributed by atoms with Gasteiger partial charge in [0.15, 0.2) is 0 Å². The van der Waals surface area contributed by atoms with Gasteiger partial charge in [-0.05, 0) is 51.0 Å². The number of benzene rings is 1. The first-order valence-electron chi connectivity index (χ1n) is 7.69. The second kappa shape index (κ2) is 8.12. The maximum atomic E-state index is 12.2. The van der Waals surface area contributed by atoms with Crippen LogP contribution in [0.2, 0.25) is 0 Å². The largest absolute Gasteiger partial charge is 0.491 e. The number of nitrogens with one attached hydrogen (secondary N) is 1. The Morgan fingerprint density at radius 1 is 1.22 bits per heavy atom. The molecule has 0 aliphatic rings. The summed E-state index contributed by atoms with van der Waals surface area (Å²) in [6, 6.07) is 6.47. The van der Waals surface area contributed by atoms with Crippen LogP contribution in [-0.4, -0.2) is 30.6 Å². The summed E-state index contributed by atoms with van der Waals surface area (Å²) in [7, 11) is -3.46. The third-order valence-corrected chi connectivity index (χ3v) is 4.68. The summed E-state index contributed by atoms with van der Waals surface area (Å²) < 4.78 is 34.5. The number of rotatable bonds is 9. The molecule has 0 bridgehead atoms. The Balaban J connectivity index is 1.79. The first kappa shape index (κ1) is 17.5. The van der Waals surface area contributed by atoms with Crippen molar-refractivity contribution >= 4 is 10.0 Å². The van der Waals surface area contributed by atoms with Crippen LogP contribution in [0.4, 0.5) is 0 Å². The van der Waals surface area contributed by atoms with Crippen LogP contribution in [0.25, 0.3) is 0 Å². The molecule has 2 aromatic rings. The number of nitrogens with zero attached hydrogens (tertiary/aromatic N) is 2. The van der Waals surface area contributed by atoms with Crippen molar-refractivity contribution in [3.63, 3.8) is 0 Å². The molecule has 2 rings (SSSR count). The van der Waals surface area contributed by atoms with Gasteiger partial charge in [0.1, 0.15) is 5.75 Å². The molecule has 0 fully saturated rings. The molecule has 0 atom stereocenters. The summed E-state index contributed by atoms with van der Waals surface area (Å²) in [5.41, 5.74) is 0. The topological polar surface area (TPSA) is 73.2 Å². The number of hydrogen-bond donors (Lipinski definition) is 1. The van der Waals surface area contributed by atoms with Gasteiger partial charge in [0.05, 0.1) is 17.3 Å². The van der Waals surface area contributed by atoms with Gasteiger partial charge in [-0.25, -0.2) is 18.1 Å². The van der Waals surface area contributed by atoms with E-state index < -0.39 is 10.0 Å². The Morgan fingerprint density at radius 2 is 1.96 bits per heavy atom. The van der Waals surface area contributed by atoms with E-state index in [4.69, 9.17) is 4.74 Å². The maximum absolute atomic E-state index is 12.2. The summed E-state index contributed by atoms with van der Waals surface area (Å²) in [5.74, 6) is 0.666. The van der Waals surface area contributed by atoms with Gasteiger partial charge in [-0.3, -0.25) is 0 Å². The minimum atomic E-state index is -3.46. The van der Waals surface area contributed by atoms with Crippen molar-refractivity contribution in [2.45, 2.75) is 44.2 Å². The van der Waals surface area contributed by atoms with Crippen molar-refractivity contribution in [1.29, 1.82) is 0 Å². The second-order valence-electron chi connectivity index (χ2n) is 5.54. The molecule has 1 aromatic carbocycles. The number of unbranched alkanes of at least 4 members (excludes halogenated alkanes) is 1. The zero-order chi connectivity index (χ0) is 16.7. The molecule has 0 unspecified atom stereocenters. The zero-order valence-electron chi connectivity index (χ0n) is 13.5. The van der Waals surface area contributed by atoms with Gasteiger partial charge < -0.3 is 9.30 Å². The predicted octanol–water partition coefficient (Wildman–Crippen LogP) is 2.43. The van der Waals surface area contributed by atoms with E-state index in [1.807, 2.05) is 24.6 Å². The van der Waals surface area contributed by atoms with E-state index in [0.29, 0.717) is 12.3 Å². The van der Waals surface area contributed by atoms with Crippen LogP contribution in [0, 0.1) is 0 Å². The van der Waals surface area contributed by atoms with Crippen molar-refractivity contribution in [1.82, 2.24) is 14.3 Å². The van der Waals surface area contributed by atoms with Gasteiger partial charge >= 0.3 is 0 Å². The van der Waals surface area contributed by atoms with Gasteiger partial charge in [0, 0.05) is 25.5 Å². The Labute approximate surface area is 137 Å². The molecule has 126 valence electrons. The fraction of sp³-hybridized carbons (Fsp3) is 0.438. The van der Waals surface area contributed by atoms with Gasteiger partial charge in [0.2, 0.25) is 10.0 Å². The van der Waals surface area contributed by atoms with Gasteiger partial charge in [-0.15, -0.1) is 0 Å². The molecule has 0 aliphatic heterocycles. The molecule has 0 saturated carbocycles. The SMILES string of the molecule is CC(C)Oc1ccc(S(=O)(=O)NCCCCn2ccnc2)cc1. The van der Waals surface area contributed by atoms with E-state index in [1.54, 1.807) is 36.8 Å². The third-order valence-electron chi connectivity index (χ3n) is 3.20. The molecular formula is C16H23N3O3S. The van der Waals surface area contributed by atoms with Crippen molar-refractivity contribution in [3.05, 3.63) is 43.0 Å². The molecular weight excluding hydrogens is 314 g/mol. The molecule has 0 saturated heterocycles. The van der Waals surface area contributed by atoms with Gasteiger partial charge in [-0.1, -0.05) is 0 Å². The molecule has 0 spiro atoms. The minimum absolute atomic E-state index is 0.0612. The van der Waals surface area contributed by atoms with E-state index in [9.17, 15) is 8.42 Å². The highest BCUT2D eigenvalue weighted by Crippen LogP contribution is 2.17. The lowest BCUT2D eigenvalue weighted by molar-refractivity contribution is 0.242. The molecule has 1 heterocycles. The van der Waals surface area contributed by atoms with Crippen molar-refractivity contribution < 1.29 is 13.2 Å². The van der Waals surface area contributed by atoms with E-state index in [1.165, 1.54) is 0 Å². The van der Waals surface area contributed by atoms with Crippen LogP contribution in [0.15, 0.2) is 47.9 Å². The lowest BCUT2D eigenvalue weighted by atomic mass is 10.3. The maximum Gasteiger partial charge on any atom is 0.240 e. The second-order valence-corrected chi connectivity index (χ2v) is 7.31. The number of sulfonamides is 1. The highest BCUT2D eigenvalue weighted by atomic mass is 32.2. The Kier molecular flexibility index (Phi) is 6.18. The molecule has 0 radical (unpaired) electrons. The number of aryl methyl sites for hydroxylation is 1. The van der Waals surface area contributed by atoms with E-state index >= 15 is 0 Å². The first-order chi connectivity index (χ1) is 11.0. The zero-order valence-corrected chi connectivity index (χ0v) is 14.3. The fourth-order valence-electron chi connectivity index (χ4n) is 2.10. The molecule has 23 heavy (non-hydrogen) atoms. The average molecular weight is 337 g/mol. The highest BCUT2D eigenvalue weighted by Gasteiger charge is 2.13. The van der Waals surface area contributed by atoms with Crippen LogP contribution in [0.5, 0.6) is 5.75 Å². The molecule has 1 N–H and O–H groups in total. The predicted molar refractivity (Wildman–Crippen MR) is 88.9 cm³/mol. The van der Waals surface area contributed by atoms with Crippen molar-refractivity contribution in [3.8, 4) is 5.75 Å². The summed E-state index contributed by atoms with van der Waals surface area (Å²) in [5, 5.41) is 0. The number of aromatic nitrogens is 2. The fourth-order valence-corrected chi connectivity index (χ4v) is 3.17. The monoisotopic (exact) mass is 337 g/mol. The number of imidazole rings is 1. The standard InChI is InChI=1S/C16H23N3O3S/c1-14(2)22-15-5-7-16(8-6-15)23(20,21)18-9-3-4-11-19-12-10-17-13-19/h5-8,10,12-14,18H,3-4,9,11H2,1-2H3. The quantitative estimate of drug-likeness (QED) is 0.713. The molecule has 7 heteroatoms. The molecule has 0 aliphatic carbocycles. The van der Waals surface area contributed by atoms with Gasteiger partial charge in [-0.2, -0.15) is 0 Å². The number of ether oxygens (including phenoxy) is 1. The third kappa shape index (κ3) is 5.69. The Hall–Kier alpha value is -1.86. The van der Waals surface area contributed by atoms with Gasteiger partial charge in [0.25, 0.3) is 0 Å². The lowest BCUT2D eigenvalue weighted by Crippen LogP contribution is -2.25. The van der Waals surface area contributed by atoms with Crippen LogP contribution in [-0.2, 0) is 16.6 Å². The normalized spacial score (nSPS) is 11.8. The Morgan fingerprint density at radius 3 is 2.57 bits per heavy atom. The Bertz CT molecular complexity index is 680. The van der Waals surface area contributed by atoms with Crippen LogP contribution in [0.1, 0.15) is 26.7 Å². The number of hydrogen-bond acceptors (Lipinski definition) is 4. The lowest BCUT2D eigenvalue weighted by Gasteiger charge is -2.11. The molecule has 6 nitrogen and oxygen atoms in total. The van der Waals surface area contributed by atoms with E-state index in [2.05, 4.69) is 9.71 Å². The summed E-state index contributed by atoms with van der Waals surface area (Å²) >= 11 is 0. The smallest absolute Gasteiger partial charge is 0.240 e. The van der Waals surface area contributed by atoms with E-state index in [-0.39, 0.29) is 11.0 Å². The molecule has 0 amide bonds. The van der Waals surface area contributed by atoms with Crippen LogP contribution < -0.4 is 9.46 Å². The first-order valence-corrected chi connectivity index (χ1v) is 9.18. The summed E-state index contributed by atoms with van der Waals surface area (Å²) in [6.45, 7) is 5.11. The van der Waals surface area contributed by atoms with E-state index in [0.717, 1.165) is 19.4 Å². The molecule has 1 aromatic heterocycles. The highest BCUT2D eigenvalue weighted by molar-refractivity contribution is 7.89. The summed E-state index contributed by atoms with van der Waals surface area (Å²) in [6.07, 6.45) is 7.10.